The highest BCUT2D eigenvalue weighted by molar-refractivity contribution is 7.22. The first kappa shape index (κ1) is 18.1. The lowest BCUT2D eigenvalue weighted by Crippen LogP contribution is -2.31. The molecule has 0 atom stereocenters. The number of thiazole rings is 1. The molecule has 0 bridgehead atoms. The van der Waals surface area contributed by atoms with E-state index in [0.717, 1.165) is 23.5 Å². The van der Waals surface area contributed by atoms with Crippen LogP contribution in [0, 0.1) is 17.5 Å². The molecule has 2 aromatic heterocycles. The molecule has 2 aromatic carbocycles. The average molecular weight is 399 g/mol. The minimum absolute atomic E-state index is 0.0752. The van der Waals surface area contributed by atoms with Gasteiger partial charge < -0.3 is 0 Å². The lowest BCUT2D eigenvalue weighted by molar-refractivity contribution is 0.0981. The van der Waals surface area contributed by atoms with Crippen LogP contribution in [0.2, 0.25) is 0 Å². The first-order valence-electron chi connectivity index (χ1n) is 8.23. The molecule has 4 aromatic rings. The Morgan fingerprint density at radius 2 is 1.82 bits per heavy atom. The molecule has 2 heterocycles. The number of rotatable bonds is 4. The SMILES string of the molecule is O=C(c1ccc(F)cc1F)N(Cc1cccnc1)c1nc2ccc(F)cc2s1. The third kappa shape index (κ3) is 3.59. The van der Waals surface area contributed by atoms with E-state index in [9.17, 15) is 18.0 Å². The van der Waals surface area contributed by atoms with Crippen molar-refractivity contribution in [2.75, 3.05) is 4.90 Å². The number of nitrogens with zero attached hydrogens (tertiary/aromatic N) is 3. The molecule has 0 aliphatic carbocycles. The molecular formula is C20H12F3N3OS. The van der Waals surface area contributed by atoms with Crippen LogP contribution in [-0.4, -0.2) is 15.9 Å². The Balaban J connectivity index is 1.79. The number of carbonyl (C=O) groups excluding carboxylic acids is 1. The van der Waals surface area contributed by atoms with Crippen molar-refractivity contribution < 1.29 is 18.0 Å². The molecule has 4 nitrogen and oxygen atoms in total. The summed E-state index contributed by atoms with van der Waals surface area (Å²) in [6.07, 6.45) is 3.17. The molecule has 140 valence electrons. The van der Waals surface area contributed by atoms with Gasteiger partial charge in [-0.3, -0.25) is 14.7 Å². The summed E-state index contributed by atoms with van der Waals surface area (Å²) in [5.41, 5.74) is 0.935. The fraction of sp³-hybridized carbons (Fsp3) is 0.0500. The molecule has 0 saturated carbocycles. The number of anilines is 1. The Labute approximate surface area is 161 Å². The average Bonchev–Trinajstić information content (AvgIpc) is 3.09. The maximum atomic E-state index is 14.2. The monoisotopic (exact) mass is 399 g/mol. The van der Waals surface area contributed by atoms with E-state index in [4.69, 9.17) is 0 Å². The van der Waals surface area contributed by atoms with E-state index in [1.807, 2.05) is 0 Å². The number of amides is 1. The van der Waals surface area contributed by atoms with Crippen molar-refractivity contribution in [2.24, 2.45) is 0 Å². The van der Waals surface area contributed by atoms with Crippen LogP contribution in [0.1, 0.15) is 15.9 Å². The molecule has 28 heavy (non-hydrogen) atoms. The van der Waals surface area contributed by atoms with E-state index in [-0.39, 0.29) is 17.2 Å². The number of hydrogen-bond acceptors (Lipinski definition) is 4. The minimum Gasteiger partial charge on any atom is -0.279 e. The summed E-state index contributed by atoms with van der Waals surface area (Å²) < 4.78 is 41.5. The van der Waals surface area contributed by atoms with Gasteiger partial charge in [0.15, 0.2) is 5.13 Å². The van der Waals surface area contributed by atoms with E-state index >= 15 is 0 Å². The first-order chi connectivity index (χ1) is 13.5. The van der Waals surface area contributed by atoms with Gasteiger partial charge in [-0.15, -0.1) is 0 Å². The van der Waals surface area contributed by atoms with Crippen molar-refractivity contribution in [1.29, 1.82) is 0 Å². The predicted molar refractivity (Wildman–Crippen MR) is 101 cm³/mol. The van der Waals surface area contributed by atoms with Crippen LogP contribution in [0.3, 0.4) is 0 Å². The van der Waals surface area contributed by atoms with Crippen molar-refractivity contribution in [1.82, 2.24) is 9.97 Å². The van der Waals surface area contributed by atoms with Crippen LogP contribution >= 0.6 is 11.3 Å². The van der Waals surface area contributed by atoms with Gasteiger partial charge in [0, 0.05) is 18.5 Å². The zero-order chi connectivity index (χ0) is 19.7. The molecule has 0 saturated heterocycles. The lowest BCUT2D eigenvalue weighted by atomic mass is 10.1. The molecule has 0 aliphatic rings. The number of aromatic nitrogens is 2. The van der Waals surface area contributed by atoms with Crippen molar-refractivity contribution in [2.45, 2.75) is 6.54 Å². The van der Waals surface area contributed by atoms with Gasteiger partial charge in [-0.1, -0.05) is 17.4 Å². The molecule has 0 unspecified atom stereocenters. The maximum absolute atomic E-state index is 14.2. The maximum Gasteiger partial charge on any atom is 0.263 e. The molecule has 8 heteroatoms. The number of carbonyl (C=O) groups is 1. The quantitative estimate of drug-likeness (QED) is 0.488. The number of pyridine rings is 1. The molecule has 0 spiro atoms. The highest BCUT2D eigenvalue weighted by Crippen LogP contribution is 2.31. The van der Waals surface area contributed by atoms with Gasteiger partial charge in [0.1, 0.15) is 17.5 Å². The van der Waals surface area contributed by atoms with Crippen LogP contribution in [0.5, 0.6) is 0 Å². The standard InChI is InChI=1S/C20H12F3N3OS/c21-13-3-5-15(16(23)8-13)19(27)26(11-12-2-1-7-24-10-12)20-25-17-6-4-14(22)9-18(17)28-20/h1-10H,11H2. The topological polar surface area (TPSA) is 46.1 Å². The fourth-order valence-corrected chi connectivity index (χ4v) is 3.70. The summed E-state index contributed by atoms with van der Waals surface area (Å²) in [6.45, 7) is 0.0752. The largest absolute Gasteiger partial charge is 0.279 e. The number of fused-ring (bicyclic) bond motifs is 1. The Hall–Kier alpha value is -3.26. The summed E-state index contributed by atoms with van der Waals surface area (Å²) >= 11 is 1.11. The Kier molecular flexibility index (Phi) is 4.79. The van der Waals surface area contributed by atoms with Gasteiger partial charge >= 0.3 is 0 Å². The van der Waals surface area contributed by atoms with Crippen LogP contribution in [0.15, 0.2) is 60.9 Å². The third-order valence-electron chi connectivity index (χ3n) is 4.04. The summed E-state index contributed by atoms with van der Waals surface area (Å²) in [5.74, 6) is -2.84. The second kappa shape index (κ2) is 7.40. The first-order valence-corrected chi connectivity index (χ1v) is 9.05. The van der Waals surface area contributed by atoms with Gasteiger partial charge in [0.2, 0.25) is 0 Å². The Bertz CT molecular complexity index is 1160. The zero-order valence-corrected chi connectivity index (χ0v) is 15.1. The zero-order valence-electron chi connectivity index (χ0n) is 14.3. The molecule has 0 N–H and O–H groups in total. The molecule has 1 amide bonds. The Morgan fingerprint density at radius 1 is 1.04 bits per heavy atom. The molecule has 0 radical (unpaired) electrons. The predicted octanol–water partition coefficient (Wildman–Crippen LogP) is 4.96. The van der Waals surface area contributed by atoms with E-state index in [1.54, 1.807) is 24.5 Å². The molecule has 4 rings (SSSR count). The van der Waals surface area contributed by atoms with Gasteiger partial charge in [-0.25, -0.2) is 18.2 Å². The fourth-order valence-electron chi connectivity index (χ4n) is 2.71. The van der Waals surface area contributed by atoms with Crippen LogP contribution in [0.25, 0.3) is 10.2 Å². The summed E-state index contributed by atoms with van der Waals surface area (Å²) in [5, 5.41) is 0.276. The van der Waals surface area contributed by atoms with Crippen molar-refractivity contribution in [3.8, 4) is 0 Å². The van der Waals surface area contributed by atoms with Crippen molar-refractivity contribution in [3.05, 3.63) is 89.5 Å². The van der Waals surface area contributed by atoms with E-state index in [1.165, 1.54) is 23.1 Å². The number of halogens is 3. The van der Waals surface area contributed by atoms with Gasteiger partial charge in [-0.05, 0) is 42.0 Å². The second-order valence-corrected chi connectivity index (χ2v) is 6.99. The third-order valence-corrected chi connectivity index (χ3v) is 5.08. The van der Waals surface area contributed by atoms with Crippen molar-refractivity contribution >= 4 is 32.6 Å². The smallest absolute Gasteiger partial charge is 0.263 e. The minimum atomic E-state index is -0.964. The van der Waals surface area contributed by atoms with E-state index in [2.05, 4.69) is 9.97 Å². The van der Waals surface area contributed by atoms with E-state index in [0.29, 0.717) is 21.8 Å². The van der Waals surface area contributed by atoms with Gasteiger partial charge in [0.25, 0.3) is 5.91 Å². The number of benzene rings is 2. The van der Waals surface area contributed by atoms with Crippen LogP contribution in [0.4, 0.5) is 18.3 Å². The molecule has 0 aliphatic heterocycles. The van der Waals surface area contributed by atoms with Crippen molar-refractivity contribution in [3.63, 3.8) is 0 Å². The van der Waals surface area contributed by atoms with Crippen LogP contribution in [-0.2, 0) is 6.54 Å². The highest BCUT2D eigenvalue weighted by atomic mass is 32.1. The second-order valence-electron chi connectivity index (χ2n) is 5.99. The number of hydrogen-bond donors (Lipinski definition) is 0. The molecular weight excluding hydrogens is 387 g/mol. The summed E-state index contributed by atoms with van der Waals surface area (Å²) in [7, 11) is 0. The highest BCUT2D eigenvalue weighted by Gasteiger charge is 2.24. The van der Waals surface area contributed by atoms with Crippen LogP contribution < -0.4 is 4.90 Å². The van der Waals surface area contributed by atoms with E-state index < -0.39 is 23.4 Å². The Morgan fingerprint density at radius 3 is 2.57 bits per heavy atom. The van der Waals surface area contributed by atoms with Gasteiger partial charge in [-0.2, -0.15) is 0 Å². The lowest BCUT2D eigenvalue weighted by Gasteiger charge is -2.20. The summed E-state index contributed by atoms with van der Waals surface area (Å²) in [4.78, 5) is 22.7. The van der Waals surface area contributed by atoms with Gasteiger partial charge in [0.05, 0.1) is 22.3 Å². The summed E-state index contributed by atoms with van der Waals surface area (Å²) in [6, 6.07) is 10.4. The molecule has 0 fully saturated rings. The normalized spacial score (nSPS) is 11.0.